The fraction of sp³-hybridized carbons (Fsp3) is 0.524. The monoisotopic (exact) mass is 414 g/mol. The Morgan fingerprint density at radius 2 is 2.00 bits per heavy atom. The molecule has 2 unspecified atom stereocenters. The van der Waals surface area contributed by atoms with E-state index in [0.717, 1.165) is 18.0 Å². The Balaban J connectivity index is 1.46. The second-order valence-corrected chi connectivity index (χ2v) is 8.55. The Bertz CT molecular complexity index is 913. The normalized spacial score (nSPS) is 26.0. The van der Waals surface area contributed by atoms with Crippen molar-refractivity contribution in [1.82, 2.24) is 20.9 Å². The minimum Gasteiger partial charge on any atom is -0.368 e. The van der Waals surface area contributed by atoms with E-state index in [2.05, 4.69) is 16.0 Å². The predicted octanol–water partition coefficient (Wildman–Crippen LogP) is -0.0556. The molecule has 1 aromatic rings. The molecular formula is C21H26N4O5. The first kappa shape index (κ1) is 20.6. The van der Waals surface area contributed by atoms with Crippen LogP contribution in [0.5, 0.6) is 0 Å². The Morgan fingerprint density at radius 3 is 2.73 bits per heavy atom. The van der Waals surface area contributed by atoms with Crippen molar-refractivity contribution in [2.75, 3.05) is 19.6 Å². The molecule has 4 rings (SSSR count). The summed E-state index contributed by atoms with van der Waals surface area (Å²) in [6.45, 7) is 6.59. The van der Waals surface area contributed by atoms with Gasteiger partial charge in [-0.05, 0) is 31.9 Å². The number of imide groups is 2. The molecule has 3 aliphatic heterocycles. The zero-order valence-electron chi connectivity index (χ0n) is 17.1. The molecule has 9 nitrogen and oxygen atoms in total. The van der Waals surface area contributed by atoms with E-state index < -0.39 is 23.8 Å². The molecule has 0 saturated carbocycles. The van der Waals surface area contributed by atoms with E-state index in [1.807, 2.05) is 13.8 Å². The summed E-state index contributed by atoms with van der Waals surface area (Å²) in [5.74, 6) is -1.98. The maximum atomic E-state index is 13.1. The van der Waals surface area contributed by atoms with Crippen LogP contribution < -0.4 is 16.0 Å². The van der Waals surface area contributed by atoms with Gasteiger partial charge in [-0.15, -0.1) is 0 Å². The van der Waals surface area contributed by atoms with Crippen LogP contribution in [0.3, 0.4) is 0 Å². The van der Waals surface area contributed by atoms with Crippen molar-refractivity contribution in [3.63, 3.8) is 0 Å². The summed E-state index contributed by atoms with van der Waals surface area (Å²) in [5.41, 5.74) is 1.08. The number of hydrogen-bond donors (Lipinski definition) is 3. The second kappa shape index (κ2) is 7.90. The van der Waals surface area contributed by atoms with E-state index in [-0.39, 0.29) is 30.5 Å². The highest BCUT2D eigenvalue weighted by atomic mass is 16.5. The summed E-state index contributed by atoms with van der Waals surface area (Å²) < 4.78 is 6.03. The zero-order valence-corrected chi connectivity index (χ0v) is 17.1. The van der Waals surface area contributed by atoms with Gasteiger partial charge in [0.05, 0.1) is 22.8 Å². The van der Waals surface area contributed by atoms with E-state index >= 15 is 0 Å². The number of benzene rings is 1. The van der Waals surface area contributed by atoms with Crippen molar-refractivity contribution in [3.8, 4) is 0 Å². The van der Waals surface area contributed by atoms with Crippen LogP contribution in [-0.2, 0) is 20.9 Å². The van der Waals surface area contributed by atoms with Crippen LogP contribution in [0.15, 0.2) is 18.2 Å². The van der Waals surface area contributed by atoms with Crippen molar-refractivity contribution in [1.29, 1.82) is 0 Å². The number of fused-ring (bicyclic) bond motifs is 1. The number of carbonyl (C=O) groups is 4. The molecule has 0 aliphatic carbocycles. The topological polar surface area (TPSA) is 117 Å². The fourth-order valence-corrected chi connectivity index (χ4v) is 4.28. The molecular weight excluding hydrogens is 388 g/mol. The first-order chi connectivity index (χ1) is 14.3. The molecule has 30 heavy (non-hydrogen) atoms. The van der Waals surface area contributed by atoms with Crippen molar-refractivity contribution < 1.29 is 23.9 Å². The highest BCUT2D eigenvalue weighted by Gasteiger charge is 2.45. The molecule has 3 aliphatic rings. The maximum absolute atomic E-state index is 13.1. The van der Waals surface area contributed by atoms with Gasteiger partial charge in [0.25, 0.3) is 11.8 Å². The second-order valence-electron chi connectivity index (χ2n) is 8.55. The van der Waals surface area contributed by atoms with E-state index in [1.165, 1.54) is 0 Å². The lowest BCUT2D eigenvalue weighted by molar-refractivity contribution is -0.136. The summed E-state index contributed by atoms with van der Waals surface area (Å²) in [6.07, 6.45) is 0.248. The van der Waals surface area contributed by atoms with Gasteiger partial charge in [-0.1, -0.05) is 12.1 Å². The molecule has 3 heterocycles. The maximum Gasteiger partial charge on any atom is 0.262 e. The Hall–Kier alpha value is -2.62. The average Bonchev–Trinajstić information content (AvgIpc) is 2.93. The average molecular weight is 414 g/mol. The Labute approximate surface area is 174 Å². The third kappa shape index (κ3) is 3.88. The van der Waals surface area contributed by atoms with Gasteiger partial charge in [0, 0.05) is 32.6 Å². The summed E-state index contributed by atoms with van der Waals surface area (Å²) in [7, 11) is 0. The van der Waals surface area contributed by atoms with Gasteiger partial charge in [-0.3, -0.25) is 29.4 Å². The van der Waals surface area contributed by atoms with Gasteiger partial charge in [0.1, 0.15) is 6.04 Å². The molecule has 2 atom stereocenters. The van der Waals surface area contributed by atoms with E-state index in [9.17, 15) is 19.2 Å². The highest BCUT2D eigenvalue weighted by molar-refractivity contribution is 6.24. The molecule has 0 aromatic heterocycles. The third-order valence-corrected chi connectivity index (χ3v) is 5.65. The van der Waals surface area contributed by atoms with E-state index in [0.29, 0.717) is 29.8 Å². The largest absolute Gasteiger partial charge is 0.368 e. The minimum absolute atomic E-state index is 0.00261. The van der Waals surface area contributed by atoms with E-state index in [4.69, 9.17) is 4.74 Å². The number of nitrogens with zero attached hydrogens (tertiary/aromatic N) is 1. The quantitative estimate of drug-likeness (QED) is 0.578. The number of morpholine rings is 1. The third-order valence-electron chi connectivity index (χ3n) is 5.65. The molecule has 2 saturated heterocycles. The molecule has 0 spiro atoms. The van der Waals surface area contributed by atoms with Crippen molar-refractivity contribution in [2.45, 2.75) is 51.0 Å². The summed E-state index contributed by atoms with van der Waals surface area (Å²) in [6, 6.07) is 4.17. The van der Waals surface area contributed by atoms with Crippen LogP contribution in [0.1, 0.15) is 53.0 Å². The molecule has 0 radical (unpaired) electrons. The van der Waals surface area contributed by atoms with E-state index in [1.54, 1.807) is 18.2 Å². The van der Waals surface area contributed by atoms with Crippen LogP contribution in [0.25, 0.3) is 0 Å². The molecule has 4 amide bonds. The fourth-order valence-electron chi connectivity index (χ4n) is 4.28. The Kier molecular flexibility index (Phi) is 5.44. The molecule has 2 fully saturated rings. The van der Waals surface area contributed by atoms with Crippen LogP contribution in [0.2, 0.25) is 0 Å². The van der Waals surface area contributed by atoms with Crippen LogP contribution in [0.4, 0.5) is 0 Å². The van der Waals surface area contributed by atoms with Gasteiger partial charge in [-0.2, -0.15) is 0 Å². The smallest absolute Gasteiger partial charge is 0.262 e. The number of nitrogens with one attached hydrogen (secondary N) is 3. The van der Waals surface area contributed by atoms with Crippen molar-refractivity contribution >= 4 is 23.6 Å². The predicted molar refractivity (Wildman–Crippen MR) is 107 cm³/mol. The van der Waals surface area contributed by atoms with Crippen molar-refractivity contribution in [3.05, 3.63) is 34.9 Å². The lowest BCUT2D eigenvalue weighted by Crippen LogP contribution is -2.54. The number of amides is 4. The zero-order chi connectivity index (χ0) is 21.5. The van der Waals surface area contributed by atoms with Crippen molar-refractivity contribution in [2.24, 2.45) is 0 Å². The highest BCUT2D eigenvalue weighted by Crippen LogP contribution is 2.30. The SMILES string of the molecule is CC1(C)CNCC(CNCc2cccc3c2C(=O)N(C2CCC(=O)NC2=O)C3=O)O1. The number of hydrogen-bond acceptors (Lipinski definition) is 7. The lowest BCUT2D eigenvalue weighted by atomic mass is 10.0. The number of ether oxygens (including phenoxy) is 1. The van der Waals surface area contributed by atoms with Crippen LogP contribution in [-0.4, -0.2) is 65.9 Å². The number of rotatable bonds is 5. The molecule has 1 aromatic carbocycles. The van der Waals surface area contributed by atoms with Gasteiger partial charge in [0.2, 0.25) is 11.8 Å². The molecule has 9 heteroatoms. The first-order valence-corrected chi connectivity index (χ1v) is 10.2. The summed E-state index contributed by atoms with van der Waals surface area (Å²) in [4.78, 5) is 50.6. The molecule has 0 bridgehead atoms. The molecule has 3 N–H and O–H groups in total. The number of carbonyl (C=O) groups excluding carboxylic acids is 4. The van der Waals surface area contributed by atoms with Gasteiger partial charge >= 0.3 is 0 Å². The van der Waals surface area contributed by atoms with Gasteiger partial charge < -0.3 is 15.4 Å². The van der Waals surface area contributed by atoms with Crippen LogP contribution in [0, 0.1) is 0 Å². The lowest BCUT2D eigenvalue weighted by Gasteiger charge is -2.36. The number of piperidine rings is 1. The Morgan fingerprint density at radius 1 is 1.20 bits per heavy atom. The minimum atomic E-state index is -0.958. The summed E-state index contributed by atoms with van der Waals surface area (Å²) >= 11 is 0. The summed E-state index contributed by atoms with van der Waals surface area (Å²) in [5, 5.41) is 8.87. The first-order valence-electron chi connectivity index (χ1n) is 10.2. The standard InChI is InChI=1S/C21H26N4O5/c1-21(2)11-23-10-13(30-21)9-22-8-12-4-3-5-14-17(12)20(29)25(19(14)28)15-6-7-16(26)24-18(15)27/h3-5,13,15,22-23H,6-11H2,1-2H3,(H,24,26,27). The van der Waals surface area contributed by atoms with Gasteiger partial charge in [0.15, 0.2) is 0 Å². The van der Waals surface area contributed by atoms with Crippen LogP contribution >= 0.6 is 0 Å². The van der Waals surface area contributed by atoms with Gasteiger partial charge in [-0.25, -0.2) is 0 Å². The molecule has 160 valence electrons.